The van der Waals surface area contributed by atoms with E-state index in [-0.39, 0.29) is 35.2 Å². The smallest absolute Gasteiger partial charge is 0.278 e. The Morgan fingerprint density at radius 2 is 1.71 bits per heavy atom. The lowest BCUT2D eigenvalue weighted by molar-refractivity contribution is -0.110. The van der Waals surface area contributed by atoms with Crippen LogP contribution in [0.2, 0.25) is 5.02 Å². The molecule has 0 aromatic heterocycles. The number of nitrogens with one attached hydrogen (secondary N) is 2. The highest BCUT2D eigenvalue weighted by Crippen LogP contribution is 2.34. The second-order valence-electron chi connectivity index (χ2n) is 13.4. The first-order valence-corrected chi connectivity index (χ1v) is 21.7. The molecule has 1 aliphatic heterocycles. The number of hydrogen-bond acceptors (Lipinski definition) is 9. The largest absolute Gasteiger partial charge is 0.493 e. The van der Waals surface area contributed by atoms with Crippen LogP contribution in [0.5, 0.6) is 5.75 Å². The van der Waals surface area contributed by atoms with Crippen molar-refractivity contribution in [1.82, 2.24) is 9.03 Å². The zero-order chi connectivity index (χ0) is 39.9. The third-order valence-corrected chi connectivity index (χ3v) is 11.8. The van der Waals surface area contributed by atoms with Crippen molar-refractivity contribution in [2.75, 3.05) is 49.3 Å². The topological polar surface area (TPSA) is 150 Å². The van der Waals surface area contributed by atoms with Gasteiger partial charge in [0.05, 0.1) is 24.2 Å². The zero-order valence-electron chi connectivity index (χ0n) is 31.9. The third-order valence-electron chi connectivity index (χ3n) is 9.02. The number of rotatable bonds is 16. The van der Waals surface area contributed by atoms with E-state index in [4.69, 9.17) is 26.3 Å². The van der Waals surface area contributed by atoms with Gasteiger partial charge in [0.1, 0.15) is 10.6 Å². The summed E-state index contributed by atoms with van der Waals surface area (Å²) in [6.07, 6.45) is 2.05. The first-order chi connectivity index (χ1) is 26.1. The second kappa shape index (κ2) is 17.8. The lowest BCUT2D eigenvalue weighted by atomic mass is 10.1. The number of unbranched alkanes of at least 4 members (excludes halogenated alkanes) is 1. The summed E-state index contributed by atoms with van der Waals surface area (Å²) in [4.78, 5) is 26.1. The Balaban J connectivity index is 1.52. The lowest BCUT2D eigenvalue weighted by Gasteiger charge is -2.30. The molecule has 0 saturated heterocycles. The molecule has 0 aliphatic carbocycles. The van der Waals surface area contributed by atoms with Gasteiger partial charge in [0.25, 0.3) is 15.9 Å². The van der Waals surface area contributed by atoms with Crippen molar-refractivity contribution in [2.45, 2.75) is 52.4 Å². The zero-order valence-corrected chi connectivity index (χ0v) is 34.3. The number of likely N-dealkylation sites (N-methyl/N-ethyl adjacent to an activating group) is 1. The van der Waals surface area contributed by atoms with Crippen LogP contribution in [0, 0.1) is 27.7 Å². The Morgan fingerprint density at radius 1 is 0.945 bits per heavy atom. The van der Waals surface area contributed by atoms with Crippen molar-refractivity contribution in [3.63, 3.8) is 0 Å². The number of para-hydroxylation sites is 1. The molecular weight excluding hydrogens is 760 g/mol. The molecule has 0 bridgehead atoms. The van der Waals surface area contributed by atoms with Gasteiger partial charge in [0.2, 0.25) is 10.0 Å². The number of halogens is 1. The highest BCUT2D eigenvalue weighted by atomic mass is 35.5. The molecular formula is C40H47ClN6O6S2. The Bertz CT molecular complexity index is 2350. The number of carbonyl (C=O) groups is 1. The quantitative estimate of drug-likeness (QED) is 0.0895. The molecule has 1 heterocycles. The average molecular weight is 807 g/mol. The Hall–Kier alpha value is -4.76. The Kier molecular flexibility index (Phi) is 13.4. The molecule has 15 heteroatoms. The standard InChI is InChI=1S/C40H47ClN6O6S2/c1-7-46(22-20-42-54(6,49)50)32-17-18-33(29(4)25-32)43-38(40(48)45-35-26-31(41)16-15-28(35)3)39-44-34-12-8-9-13-37(34)55(51,52)47(39)21-10-11-23-53-36-19-14-27(2)24-30(36)5/h8-9,12-19,24-26,42H,7,10-11,20-23H2,1-6H3,(H,45,48). The van der Waals surface area contributed by atoms with Gasteiger partial charge in [-0.1, -0.05) is 47.5 Å². The number of sulfonamides is 2. The van der Waals surface area contributed by atoms with E-state index in [1.54, 1.807) is 42.5 Å². The van der Waals surface area contributed by atoms with Crippen molar-refractivity contribution in [3.05, 3.63) is 106 Å². The molecule has 0 radical (unpaired) electrons. The van der Waals surface area contributed by atoms with E-state index in [1.807, 2.05) is 69.9 Å². The van der Waals surface area contributed by atoms with Gasteiger partial charge < -0.3 is 15.0 Å². The first kappa shape index (κ1) is 41.4. The Morgan fingerprint density at radius 3 is 2.42 bits per heavy atom. The minimum atomic E-state index is -4.17. The molecule has 12 nitrogen and oxygen atoms in total. The summed E-state index contributed by atoms with van der Waals surface area (Å²) < 4.78 is 61.6. The minimum Gasteiger partial charge on any atom is -0.493 e. The molecule has 0 atom stereocenters. The fraction of sp³-hybridized carbons (Fsp3) is 0.325. The summed E-state index contributed by atoms with van der Waals surface area (Å²) in [6, 6.07) is 22.9. The van der Waals surface area contributed by atoms with Crippen LogP contribution in [0.4, 0.5) is 22.7 Å². The van der Waals surface area contributed by atoms with Crippen molar-refractivity contribution >= 4 is 71.9 Å². The fourth-order valence-corrected chi connectivity index (χ4v) is 8.32. The summed E-state index contributed by atoms with van der Waals surface area (Å²) in [5, 5.41) is 3.31. The molecule has 0 unspecified atom stereocenters. The van der Waals surface area contributed by atoms with Crippen LogP contribution in [0.15, 0.2) is 93.7 Å². The van der Waals surface area contributed by atoms with E-state index in [9.17, 15) is 21.6 Å². The van der Waals surface area contributed by atoms with Crippen molar-refractivity contribution < 1.29 is 26.4 Å². The maximum atomic E-state index is 14.4. The minimum absolute atomic E-state index is 0.0130. The monoisotopic (exact) mass is 806 g/mol. The van der Waals surface area contributed by atoms with Crippen molar-refractivity contribution in [3.8, 4) is 5.75 Å². The van der Waals surface area contributed by atoms with Gasteiger partial charge in [-0.15, -0.1) is 0 Å². The predicted octanol–water partition coefficient (Wildman–Crippen LogP) is 7.25. The van der Waals surface area contributed by atoms with Gasteiger partial charge >= 0.3 is 0 Å². The molecule has 5 rings (SSSR count). The number of hydrogen-bond donors (Lipinski definition) is 2. The highest BCUT2D eigenvalue weighted by molar-refractivity contribution is 7.90. The van der Waals surface area contributed by atoms with Gasteiger partial charge in [-0.05, 0) is 113 Å². The first-order valence-electron chi connectivity index (χ1n) is 17.9. The van der Waals surface area contributed by atoms with E-state index in [1.165, 1.54) is 6.07 Å². The maximum Gasteiger partial charge on any atom is 0.278 e. The van der Waals surface area contributed by atoms with E-state index in [0.29, 0.717) is 54.5 Å². The van der Waals surface area contributed by atoms with Crippen LogP contribution in [-0.4, -0.2) is 77.6 Å². The summed E-state index contributed by atoms with van der Waals surface area (Å²) >= 11 is 6.30. The van der Waals surface area contributed by atoms with Crippen LogP contribution >= 0.6 is 11.6 Å². The summed E-state index contributed by atoms with van der Waals surface area (Å²) in [5.41, 5.74) is 5.26. The number of nitrogens with zero attached hydrogens (tertiary/aromatic N) is 4. The maximum absolute atomic E-state index is 14.4. The fourth-order valence-electron chi connectivity index (χ4n) is 6.10. The van der Waals surface area contributed by atoms with Crippen molar-refractivity contribution in [1.29, 1.82) is 0 Å². The van der Waals surface area contributed by atoms with Crippen LogP contribution in [0.3, 0.4) is 0 Å². The molecule has 1 amide bonds. The van der Waals surface area contributed by atoms with Gasteiger partial charge in [-0.2, -0.15) is 0 Å². The van der Waals surface area contributed by atoms with Gasteiger partial charge in [0.15, 0.2) is 11.5 Å². The van der Waals surface area contributed by atoms with E-state index in [2.05, 4.69) is 10.0 Å². The number of aryl methyl sites for hydroxylation is 4. The number of amides is 1. The molecule has 55 heavy (non-hydrogen) atoms. The summed E-state index contributed by atoms with van der Waals surface area (Å²) in [5.74, 6) is -0.0205. The molecule has 0 saturated carbocycles. The number of aliphatic imine (C=N–C) groups is 2. The number of anilines is 2. The van der Waals surface area contributed by atoms with Crippen LogP contribution in [0.25, 0.3) is 0 Å². The number of carbonyl (C=O) groups excluding carboxylic acids is 1. The molecule has 4 aromatic carbocycles. The molecule has 1 aliphatic rings. The third kappa shape index (κ3) is 10.5. The van der Waals surface area contributed by atoms with Crippen molar-refractivity contribution in [2.24, 2.45) is 9.98 Å². The van der Waals surface area contributed by atoms with Gasteiger partial charge in [0, 0.05) is 42.6 Å². The average Bonchev–Trinajstić information content (AvgIpc) is 3.12. The number of amidine groups is 1. The summed E-state index contributed by atoms with van der Waals surface area (Å²) in [7, 11) is -7.51. The SMILES string of the molecule is CCN(CCNS(C)(=O)=O)c1ccc(N=C(C(=O)Nc2cc(Cl)ccc2C)C2=Nc3ccccc3S(=O)(=O)N2CCCCOc2ccc(C)cc2C)c(C)c1. The van der Waals surface area contributed by atoms with E-state index >= 15 is 0 Å². The molecule has 292 valence electrons. The number of benzene rings is 4. The normalized spacial score (nSPS) is 13.9. The molecule has 4 aromatic rings. The number of ether oxygens (including phenoxy) is 1. The van der Waals surface area contributed by atoms with Crippen LogP contribution in [0.1, 0.15) is 42.0 Å². The number of fused-ring (bicyclic) bond motifs is 1. The molecule has 0 spiro atoms. The van der Waals surface area contributed by atoms with Gasteiger partial charge in [-0.3, -0.25) is 4.79 Å². The second-order valence-corrected chi connectivity index (χ2v) is 17.5. The van der Waals surface area contributed by atoms with Crippen LogP contribution in [-0.2, 0) is 24.8 Å². The van der Waals surface area contributed by atoms with E-state index < -0.39 is 26.0 Å². The summed E-state index contributed by atoms with van der Waals surface area (Å²) in [6.45, 7) is 11.3. The van der Waals surface area contributed by atoms with E-state index in [0.717, 1.165) is 38.7 Å². The molecule has 2 N–H and O–H groups in total. The molecule has 0 fully saturated rings. The lowest BCUT2D eigenvalue weighted by Crippen LogP contribution is -2.47. The van der Waals surface area contributed by atoms with Gasteiger partial charge in [-0.25, -0.2) is 35.8 Å². The highest BCUT2D eigenvalue weighted by Gasteiger charge is 2.38. The predicted molar refractivity (Wildman–Crippen MR) is 222 cm³/mol. The Labute approximate surface area is 329 Å². The van der Waals surface area contributed by atoms with Crippen LogP contribution < -0.4 is 19.7 Å².